The fourth-order valence-electron chi connectivity index (χ4n) is 3.62. The first-order chi connectivity index (χ1) is 12.2. The fraction of sp³-hybridized carbons (Fsp3) is 0.500. The van der Waals surface area contributed by atoms with Crippen LogP contribution in [0.2, 0.25) is 0 Å². The topological polar surface area (TPSA) is 69.6 Å². The number of nitrogens with zero attached hydrogens (tertiary/aromatic N) is 1. The van der Waals surface area contributed by atoms with Gasteiger partial charge in [0.2, 0.25) is 11.8 Å². The van der Waals surface area contributed by atoms with Crippen LogP contribution < -0.4 is 5.32 Å². The van der Waals surface area contributed by atoms with E-state index in [0.717, 1.165) is 31.4 Å². The van der Waals surface area contributed by atoms with E-state index in [1.54, 1.807) is 0 Å². The number of piperidine rings is 1. The van der Waals surface area contributed by atoms with E-state index in [-0.39, 0.29) is 36.3 Å². The first kappa shape index (κ1) is 17.7. The minimum Gasteiger partial charge on any atom is -0.396 e. The van der Waals surface area contributed by atoms with Crippen LogP contribution in [0, 0.1) is 11.8 Å². The highest BCUT2D eigenvalue weighted by atomic mass is 16.3. The van der Waals surface area contributed by atoms with Crippen LogP contribution in [0.15, 0.2) is 42.5 Å². The number of hydrogen-bond acceptors (Lipinski definition) is 3. The number of hydrogen-bond donors (Lipinski definition) is 2. The highest BCUT2D eigenvalue weighted by Crippen LogP contribution is 2.21. The van der Waals surface area contributed by atoms with Crippen molar-refractivity contribution in [2.75, 3.05) is 19.7 Å². The normalized spacial score (nSPS) is 25.8. The fourth-order valence-corrected chi connectivity index (χ4v) is 3.62. The Hall–Kier alpha value is -2.14. The van der Waals surface area contributed by atoms with Crippen molar-refractivity contribution in [3.05, 3.63) is 48.0 Å². The van der Waals surface area contributed by atoms with E-state index in [1.165, 1.54) is 0 Å². The summed E-state index contributed by atoms with van der Waals surface area (Å²) in [5.74, 6) is 0.103. The molecule has 1 fully saturated rings. The minimum absolute atomic E-state index is 0.0000434. The van der Waals surface area contributed by atoms with Gasteiger partial charge in [-0.05, 0) is 24.8 Å². The summed E-state index contributed by atoms with van der Waals surface area (Å²) in [6, 6.07) is 9.72. The highest BCUT2D eigenvalue weighted by Gasteiger charge is 2.30. The number of nitrogens with one attached hydrogen (secondary N) is 1. The Morgan fingerprint density at radius 2 is 2.00 bits per heavy atom. The third kappa shape index (κ3) is 4.69. The Balaban J connectivity index is 1.51. The molecule has 0 saturated carbocycles. The third-order valence-corrected chi connectivity index (χ3v) is 5.08. The quantitative estimate of drug-likeness (QED) is 0.797. The highest BCUT2D eigenvalue weighted by molar-refractivity contribution is 5.82. The van der Waals surface area contributed by atoms with Gasteiger partial charge >= 0.3 is 0 Å². The zero-order valence-corrected chi connectivity index (χ0v) is 14.4. The number of aliphatic hydroxyl groups excluding tert-OH is 1. The predicted molar refractivity (Wildman–Crippen MR) is 95.7 cm³/mol. The largest absolute Gasteiger partial charge is 0.396 e. The molecule has 1 unspecified atom stereocenters. The van der Waals surface area contributed by atoms with E-state index in [2.05, 4.69) is 5.32 Å². The summed E-state index contributed by atoms with van der Waals surface area (Å²) in [6.07, 6.45) is 6.74. The lowest BCUT2D eigenvalue weighted by molar-refractivity contribution is -0.135. The molecule has 2 amide bonds. The Labute approximate surface area is 148 Å². The average molecular weight is 342 g/mol. The SMILES string of the molecule is O=C(N[C@@H]1C=C[C@H](CO)C1)C1CCCN(C(=O)Cc2ccccc2)C1. The summed E-state index contributed by atoms with van der Waals surface area (Å²) in [5, 5.41) is 12.2. The summed E-state index contributed by atoms with van der Waals surface area (Å²) >= 11 is 0. The molecule has 1 heterocycles. The van der Waals surface area contributed by atoms with E-state index >= 15 is 0 Å². The number of carbonyl (C=O) groups excluding carboxylic acids is 2. The first-order valence-corrected chi connectivity index (χ1v) is 9.07. The first-order valence-electron chi connectivity index (χ1n) is 9.07. The van der Waals surface area contributed by atoms with Crippen molar-refractivity contribution in [2.24, 2.45) is 11.8 Å². The molecule has 3 rings (SSSR count). The average Bonchev–Trinajstić information content (AvgIpc) is 3.10. The van der Waals surface area contributed by atoms with Crippen LogP contribution >= 0.6 is 0 Å². The van der Waals surface area contributed by atoms with Gasteiger partial charge in [-0.25, -0.2) is 0 Å². The van der Waals surface area contributed by atoms with Gasteiger partial charge in [-0.1, -0.05) is 42.5 Å². The number of carbonyl (C=O) groups is 2. The molecular formula is C20H26N2O3. The molecule has 0 aromatic heterocycles. The van der Waals surface area contributed by atoms with Gasteiger partial charge in [0, 0.05) is 31.7 Å². The van der Waals surface area contributed by atoms with Crippen LogP contribution in [0.5, 0.6) is 0 Å². The van der Waals surface area contributed by atoms with Gasteiger partial charge in [0.1, 0.15) is 0 Å². The Morgan fingerprint density at radius 1 is 1.20 bits per heavy atom. The van der Waals surface area contributed by atoms with Crippen LogP contribution in [0.3, 0.4) is 0 Å². The van der Waals surface area contributed by atoms with Gasteiger partial charge in [-0.15, -0.1) is 0 Å². The van der Waals surface area contributed by atoms with E-state index in [0.29, 0.717) is 13.0 Å². The lowest BCUT2D eigenvalue weighted by Gasteiger charge is -2.32. The van der Waals surface area contributed by atoms with Crippen LogP contribution in [-0.4, -0.2) is 47.6 Å². The molecule has 1 aliphatic carbocycles. The van der Waals surface area contributed by atoms with Crippen molar-refractivity contribution in [2.45, 2.75) is 31.7 Å². The van der Waals surface area contributed by atoms with Crippen molar-refractivity contribution in [1.82, 2.24) is 10.2 Å². The van der Waals surface area contributed by atoms with Crippen LogP contribution in [0.25, 0.3) is 0 Å². The molecule has 1 aromatic rings. The number of benzene rings is 1. The third-order valence-electron chi connectivity index (χ3n) is 5.08. The van der Waals surface area contributed by atoms with Gasteiger partial charge in [0.25, 0.3) is 0 Å². The molecule has 1 aromatic carbocycles. The van der Waals surface area contributed by atoms with Gasteiger partial charge < -0.3 is 15.3 Å². The molecule has 5 heteroatoms. The monoisotopic (exact) mass is 342 g/mol. The summed E-state index contributed by atoms with van der Waals surface area (Å²) in [7, 11) is 0. The second kappa shape index (κ2) is 8.30. The number of likely N-dealkylation sites (tertiary alicyclic amines) is 1. The molecule has 2 N–H and O–H groups in total. The molecule has 5 nitrogen and oxygen atoms in total. The zero-order chi connectivity index (χ0) is 17.6. The Kier molecular flexibility index (Phi) is 5.87. The maximum atomic E-state index is 12.5. The summed E-state index contributed by atoms with van der Waals surface area (Å²) in [5.41, 5.74) is 1.00. The molecule has 1 saturated heterocycles. The molecule has 3 atom stereocenters. The van der Waals surface area contributed by atoms with Gasteiger partial charge in [-0.3, -0.25) is 9.59 Å². The van der Waals surface area contributed by atoms with E-state index in [1.807, 2.05) is 47.4 Å². The predicted octanol–water partition coefficient (Wildman–Crippen LogP) is 1.52. The molecule has 0 spiro atoms. The van der Waals surface area contributed by atoms with Crippen LogP contribution in [-0.2, 0) is 16.0 Å². The standard InChI is InChI=1S/C20H26N2O3/c23-14-16-8-9-18(11-16)21-20(25)17-7-4-10-22(13-17)19(24)12-15-5-2-1-3-6-15/h1-3,5-6,8-9,16-18,23H,4,7,10-14H2,(H,21,25)/t16-,17?,18+/m0/s1. The van der Waals surface area contributed by atoms with Crippen LogP contribution in [0.4, 0.5) is 0 Å². The molecule has 25 heavy (non-hydrogen) atoms. The molecule has 1 aliphatic heterocycles. The molecule has 0 bridgehead atoms. The molecule has 2 aliphatic rings. The molecule has 0 radical (unpaired) electrons. The van der Waals surface area contributed by atoms with Gasteiger partial charge in [0.05, 0.1) is 12.3 Å². The number of amides is 2. The summed E-state index contributed by atoms with van der Waals surface area (Å²) < 4.78 is 0. The summed E-state index contributed by atoms with van der Waals surface area (Å²) in [4.78, 5) is 26.9. The molecular weight excluding hydrogens is 316 g/mol. The van der Waals surface area contributed by atoms with Crippen molar-refractivity contribution >= 4 is 11.8 Å². The lowest BCUT2D eigenvalue weighted by atomic mass is 9.96. The van der Waals surface area contributed by atoms with Crippen molar-refractivity contribution in [3.8, 4) is 0 Å². The van der Waals surface area contributed by atoms with E-state index < -0.39 is 0 Å². The van der Waals surface area contributed by atoms with E-state index in [9.17, 15) is 14.7 Å². The zero-order valence-electron chi connectivity index (χ0n) is 14.4. The maximum absolute atomic E-state index is 12.5. The number of aliphatic hydroxyl groups is 1. The number of rotatable bonds is 5. The Morgan fingerprint density at radius 3 is 2.72 bits per heavy atom. The van der Waals surface area contributed by atoms with Crippen molar-refractivity contribution in [3.63, 3.8) is 0 Å². The van der Waals surface area contributed by atoms with Crippen LogP contribution in [0.1, 0.15) is 24.8 Å². The maximum Gasteiger partial charge on any atom is 0.227 e. The lowest BCUT2D eigenvalue weighted by Crippen LogP contribution is -2.47. The van der Waals surface area contributed by atoms with Gasteiger partial charge in [-0.2, -0.15) is 0 Å². The second-order valence-electron chi connectivity index (χ2n) is 7.02. The molecule has 134 valence electrons. The Bertz CT molecular complexity index is 629. The van der Waals surface area contributed by atoms with Gasteiger partial charge in [0.15, 0.2) is 0 Å². The van der Waals surface area contributed by atoms with E-state index in [4.69, 9.17) is 0 Å². The summed E-state index contributed by atoms with van der Waals surface area (Å²) in [6.45, 7) is 1.34. The smallest absolute Gasteiger partial charge is 0.227 e. The second-order valence-corrected chi connectivity index (χ2v) is 7.02. The van der Waals surface area contributed by atoms with Crippen molar-refractivity contribution < 1.29 is 14.7 Å². The minimum atomic E-state index is -0.143. The van der Waals surface area contributed by atoms with Crippen molar-refractivity contribution in [1.29, 1.82) is 0 Å².